The van der Waals surface area contributed by atoms with E-state index in [9.17, 15) is 4.79 Å². The normalized spacial score (nSPS) is 37.0. The Morgan fingerprint density at radius 2 is 1.81 bits per heavy atom. The molecule has 4 aliphatic carbocycles. The minimum atomic E-state index is 0.138. The highest BCUT2D eigenvalue weighted by Gasteiger charge is 2.48. The summed E-state index contributed by atoms with van der Waals surface area (Å²) in [5.41, 5.74) is 2.04. The summed E-state index contributed by atoms with van der Waals surface area (Å²) in [5.74, 6) is 3.53. The van der Waals surface area contributed by atoms with E-state index in [1.807, 2.05) is 24.6 Å². The fraction of sp³-hybridized carbons (Fsp3) is 0.765. The summed E-state index contributed by atoms with van der Waals surface area (Å²) in [6.45, 7) is 4.35. The lowest BCUT2D eigenvalue weighted by atomic mass is 9.54. The molecule has 0 spiro atoms. The average Bonchev–Trinajstić information content (AvgIpc) is 2.71. The second-order valence-corrected chi connectivity index (χ2v) is 7.61. The maximum absolute atomic E-state index is 12.4. The van der Waals surface area contributed by atoms with Crippen molar-refractivity contribution < 1.29 is 4.79 Å². The second kappa shape index (κ2) is 4.85. The minimum Gasteiger partial charge on any atom is -0.351 e. The quantitative estimate of drug-likeness (QED) is 0.928. The number of aryl methyl sites for hydroxylation is 2. The lowest BCUT2D eigenvalue weighted by Gasteiger charge is -2.54. The Kier molecular flexibility index (Phi) is 3.09. The minimum absolute atomic E-state index is 0.138. The summed E-state index contributed by atoms with van der Waals surface area (Å²) >= 11 is 0. The predicted octanol–water partition coefficient (Wildman–Crippen LogP) is 2.44. The van der Waals surface area contributed by atoms with Gasteiger partial charge in [0.2, 0.25) is 5.91 Å². The van der Waals surface area contributed by atoms with E-state index in [0.29, 0.717) is 12.6 Å². The molecule has 1 aromatic heterocycles. The zero-order chi connectivity index (χ0) is 14.6. The van der Waals surface area contributed by atoms with Gasteiger partial charge in [-0.15, -0.1) is 0 Å². The molecular formula is C17H25N3O. The third kappa shape index (κ3) is 2.39. The zero-order valence-electron chi connectivity index (χ0n) is 13.0. The topological polar surface area (TPSA) is 46.9 Å². The van der Waals surface area contributed by atoms with E-state index in [4.69, 9.17) is 0 Å². The van der Waals surface area contributed by atoms with Gasteiger partial charge in [0.15, 0.2) is 0 Å². The first-order chi connectivity index (χ1) is 10.1. The van der Waals surface area contributed by atoms with E-state index in [1.54, 1.807) is 0 Å². The van der Waals surface area contributed by atoms with Gasteiger partial charge in [0.05, 0.1) is 5.69 Å². The fourth-order valence-corrected chi connectivity index (χ4v) is 5.36. The Morgan fingerprint density at radius 1 is 1.19 bits per heavy atom. The highest BCUT2D eigenvalue weighted by molar-refractivity contribution is 5.76. The number of aromatic nitrogens is 2. The first-order valence-electron chi connectivity index (χ1n) is 8.39. The van der Waals surface area contributed by atoms with Gasteiger partial charge in [0, 0.05) is 11.7 Å². The smallest absolute Gasteiger partial charge is 0.241 e. The number of nitrogens with zero attached hydrogens (tertiary/aromatic N) is 2. The highest BCUT2D eigenvalue weighted by atomic mass is 16.2. The van der Waals surface area contributed by atoms with Crippen molar-refractivity contribution in [2.24, 2.45) is 23.7 Å². The van der Waals surface area contributed by atoms with Crippen LogP contribution in [0.5, 0.6) is 0 Å². The Hall–Kier alpha value is -1.32. The molecule has 1 N–H and O–H groups in total. The molecule has 114 valence electrons. The summed E-state index contributed by atoms with van der Waals surface area (Å²) < 4.78 is 1.82. The van der Waals surface area contributed by atoms with Crippen molar-refractivity contribution in [3.8, 4) is 0 Å². The Bertz CT molecular complexity index is 534. The predicted molar refractivity (Wildman–Crippen MR) is 80.7 cm³/mol. The Labute approximate surface area is 126 Å². The first-order valence-corrected chi connectivity index (χ1v) is 8.39. The molecule has 1 amide bonds. The van der Waals surface area contributed by atoms with Crippen molar-refractivity contribution in [3.63, 3.8) is 0 Å². The number of hydrogen-bond acceptors (Lipinski definition) is 2. The number of carbonyl (C=O) groups excluding carboxylic acids is 1. The van der Waals surface area contributed by atoms with Gasteiger partial charge < -0.3 is 5.32 Å². The molecule has 4 aliphatic rings. The maximum Gasteiger partial charge on any atom is 0.241 e. The summed E-state index contributed by atoms with van der Waals surface area (Å²) in [6.07, 6.45) is 6.84. The van der Waals surface area contributed by atoms with E-state index < -0.39 is 0 Å². The molecule has 0 radical (unpaired) electrons. The van der Waals surface area contributed by atoms with Crippen LogP contribution in [-0.4, -0.2) is 21.7 Å². The van der Waals surface area contributed by atoms with Crippen LogP contribution in [0.25, 0.3) is 0 Å². The lowest BCUT2D eigenvalue weighted by molar-refractivity contribution is -0.125. The third-order valence-corrected chi connectivity index (χ3v) is 5.95. The molecule has 4 nitrogen and oxygen atoms in total. The number of rotatable bonds is 3. The van der Waals surface area contributed by atoms with Gasteiger partial charge in [-0.2, -0.15) is 5.10 Å². The SMILES string of the molecule is Cc1cc(C)n(CC(=O)NC2C3CC4CC(C3)CC2C4)n1. The van der Waals surface area contributed by atoms with Crippen LogP contribution in [0.1, 0.15) is 43.5 Å². The molecule has 4 saturated carbocycles. The largest absolute Gasteiger partial charge is 0.351 e. The van der Waals surface area contributed by atoms with Crippen molar-refractivity contribution in [1.29, 1.82) is 0 Å². The summed E-state index contributed by atoms with van der Waals surface area (Å²) in [6, 6.07) is 2.46. The van der Waals surface area contributed by atoms with Gasteiger partial charge in [-0.25, -0.2) is 0 Å². The van der Waals surface area contributed by atoms with Gasteiger partial charge >= 0.3 is 0 Å². The van der Waals surface area contributed by atoms with Crippen LogP contribution in [0.3, 0.4) is 0 Å². The van der Waals surface area contributed by atoms with Gasteiger partial charge in [-0.05, 0) is 75.7 Å². The van der Waals surface area contributed by atoms with Crippen molar-refractivity contribution in [3.05, 3.63) is 17.5 Å². The summed E-state index contributed by atoms with van der Waals surface area (Å²) in [4.78, 5) is 12.4. The van der Waals surface area contributed by atoms with Gasteiger partial charge in [0.25, 0.3) is 0 Å². The van der Waals surface area contributed by atoms with Crippen LogP contribution in [0.2, 0.25) is 0 Å². The van der Waals surface area contributed by atoms with Gasteiger partial charge in [-0.1, -0.05) is 0 Å². The first kappa shape index (κ1) is 13.4. The maximum atomic E-state index is 12.4. The molecule has 0 atom stereocenters. The molecule has 1 heterocycles. The zero-order valence-corrected chi connectivity index (χ0v) is 13.0. The number of amides is 1. The van der Waals surface area contributed by atoms with Gasteiger partial charge in [0.1, 0.15) is 6.54 Å². The van der Waals surface area contributed by atoms with E-state index >= 15 is 0 Å². The molecule has 0 aromatic carbocycles. The Morgan fingerprint density at radius 3 is 2.33 bits per heavy atom. The molecule has 5 rings (SSSR count). The molecule has 4 fully saturated rings. The van der Waals surface area contributed by atoms with Crippen LogP contribution in [0.15, 0.2) is 6.07 Å². The van der Waals surface area contributed by atoms with Gasteiger partial charge in [-0.3, -0.25) is 9.48 Å². The number of carbonyl (C=O) groups is 1. The molecule has 0 aliphatic heterocycles. The van der Waals surface area contributed by atoms with Crippen molar-refractivity contribution in [2.75, 3.05) is 0 Å². The number of hydrogen-bond donors (Lipinski definition) is 1. The van der Waals surface area contributed by atoms with E-state index in [2.05, 4.69) is 10.4 Å². The van der Waals surface area contributed by atoms with Crippen LogP contribution in [0.4, 0.5) is 0 Å². The molecule has 4 bridgehead atoms. The molecule has 0 unspecified atom stereocenters. The second-order valence-electron chi connectivity index (χ2n) is 7.61. The van der Waals surface area contributed by atoms with Crippen LogP contribution >= 0.6 is 0 Å². The monoisotopic (exact) mass is 287 g/mol. The van der Waals surface area contributed by atoms with Crippen LogP contribution in [-0.2, 0) is 11.3 Å². The lowest BCUT2D eigenvalue weighted by Crippen LogP contribution is -2.56. The van der Waals surface area contributed by atoms with Crippen LogP contribution in [0, 0.1) is 37.5 Å². The summed E-state index contributed by atoms with van der Waals surface area (Å²) in [5, 5.41) is 7.74. The molecule has 4 heteroatoms. The molecule has 0 saturated heterocycles. The number of nitrogens with one attached hydrogen (secondary N) is 1. The molecular weight excluding hydrogens is 262 g/mol. The van der Waals surface area contributed by atoms with Crippen molar-refractivity contribution >= 4 is 5.91 Å². The standard InChI is InChI=1S/C17H25N3O/c1-10-3-11(2)20(19-10)9-16(21)18-17-14-5-12-4-13(7-14)8-15(17)6-12/h3,12-15,17H,4-9H2,1-2H3,(H,18,21). The third-order valence-electron chi connectivity index (χ3n) is 5.95. The fourth-order valence-electron chi connectivity index (χ4n) is 5.36. The van der Waals surface area contributed by atoms with Crippen molar-refractivity contribution in [2.45, 2.75) is 58.5 Å². The van der Waals surface area contributed by atoms with Crippen molar-refractivity contribution in [1.82, 2.24) is 15.1 Å². The van der Waals surface area contributed by atoms with E-state index in [-0.39, 0.29) is 5.91 Å². The highest BCUT2D eigenvalue weighted by Crippen LogP contribution is 2.53. The summed E-state index contributed by atoms with van der Waals surface area (Å²) in [7, 11) is 0. The van der Waals surface area contributed by atoms with E-state index in [1.165, 1.54) is 32.1 Å². The molecule has 21 heavy (non-hydrogen) atoms. The average molecular weight is 287 g/mol. The Balaban J connectivity index is 1.42. The van der Waals surface area contributed by atoms with E-state index in [0.717, 1.165) is 35.1 Å². The molecule has 1 aromatic rings. The van der Waals surface area contributed by atoms with Crippen LogP contribution < -0.4 is 5.32 Å².